The van der Waals surface area contributed by atoms with Crippen LogP contribution in [0.4, 0.5) is 0 Å². The Morgan fingerprint density at radius 2 is 2.06 bits per heavy atom. The highest BCUT2D eigenvalue weighted by molar-refractivity contribution is 9.10. The zero-order valence-corrected chi connectivity index (χ0v) is 11.8. The first-order valence-corrected chi connectivity index (χ1v) is 6.23. The first kappa shape index (κ1) is 12.6. The van der Waals surface area contributed by atoms with Crippen LogP contribution >= 0.6 is 39.1 Å². The van der Waals surface area contributed by atoms with Gasteiger partial charge < -0.3 is 0 Å². The molecule has 0 saturated carbocycles. The molecule has 0 unspecified atom stereocenters. The summed E-state index contributed by atoms with van der Waals surface area (Å²) in [6, 6.07) is 5.07. The number of benzene rings is 1. The first-order valence-electron chi connectivity index (χ1n) is 4.68. The van der Waals surface area contributed by atoms with Crippen molar-refractivity contribution in [2.24, 2.45) is 7.05 Å². The summed E-state index contributed by atoms with van der Waals surface area (Å²) >= 11 is 15.2. The third kappa shape index (κ3) is 2.39. The summed E-state index contributed by atoms with van der Waals surface area (Å²) < 4.78 is 2.25. The van der Waals surface area contributed by atoms with Crippen LogP contribution in [-0.2, 0) is 7.05 Å². The monoisotopic (exact) mass is 332 g/mol. The number of carbonyl (C=O) groups is 1. The lowest BCUT2D eigenvalue weighted by molar-refractivity contribution is 0.103. The Hall–Kier alpha value is -0.840. The van der Waals surface area contributed by atoms with Gasteiger partial charge in [-0.2, -0.15) is 5.10 Å². The standard InChI is InChI=1S/C11H7BrCl2N2O/c1-16-10(9(14)5-15-16)11(17)7-3-2-6(12)4-8(7)13/h2-5H,1H3. The van der Waals surface area contributed by atoms with E-state index in [-0.39, 0.29) is 5.78 Å². The van der Waals surface area contributed by atoms with Crippen molar-refractivity contribution in [1.82, 2.24) is 9.78 Å². The zero-order chi connectivity index (χ0) is 12.6. The molecule has 0 bridgehead atoms. The molecule has 0 aliphatic carbocycles. The molecule has 88 valence electrons. The summed E-state index contributed by atoms with van der Waals surface area (Å²) in [7, 11) is 1.66. The molecule has 0 spiro atoms. The van der Waals surface area contributed by atoms with Crippen LogP contribution in [0.15, 0.2) is 28.9 Å². The molecule has 6 heteroatoms. The Morgan fingerprint density at radius 1 is 1.35 bits per heavy atom. The Balaban J connectivity index is 2.51. The summed E-state index contributed by atoms with van der Waals surface area (Å²) in [4.78, 5) is 12.2. The van der Waals surface area contributed by atoms with Crippen molar-refractivity contribution in [2.45, 2.75) is 0 Å². The second-order valence-corrected chi connectivity index (χ2v) is 5.15. The van der Waals surface area contributed by atoms with Gasteiger partial charge in [-0.15, -0.1) is 0 Å². The van der Waals surface area contributed by atoms with Gasteiger partial charge in [0.15, 0.2) is 0 Å². The van der Waals surface area contributed by atoms with Crippen LogP contribution in [0.3, 0.4) is 0 Å². The summed E-state index contributed by atoms with van der Waals surface area (Å²) in [6.45, 7) is 0. The predicted octanol–water partition coefficient (Wildman–Crippen LogP) is 3.72. The molecule has 1 aromatic heterocycles. The van der Waals surface area contributed by atoms with E-state index >= 15 is 0 Å². The van der Waals surface area contributed by atoms with Crippen LogP contribution in [0, 0.1) is 0 Å². The molecule has 3 nitrogen and oxygen atoms in total. The molecule has 1 aromatic carbocycles. The maximum atomic E-state index is 12.2. The minimum Gasteiger partial charge on any atom is -0.287 e. The Labute approximate surface area is 116 Å². The van der Waals surface area contributed by atoms with E-state index < -0.39 is 0 Å². The normalized spacial score (nSPS) is 10.6. The van der Waals surface area contributed by atoms with Gasteiger partial charge in [-0.05, 0) is 18.2 Å². The predicted molar refractivity (Wildman–Crippen MR) is 70.8 cm³/mol. The van der Waals surface area contributed by atoms with Crippen LogP contribution < -0.4 is 0 Å². The van der Waals surface area contributed by atoms with Crippen molar-refractivity contribution in [3.63, 3.8) is 0 Å². The number of hydrogen-bond donors (Lipinski definition) is 0. The first-order chi connectivity index (χ1) is 8.00. The third-order valence-corrected chi connectivity index (χ3v) is 3.37. The van der Waals surface area contributed by atoms with E-state index in [4.69, 9.17) is 23.2 Å². The van der Waals surface area contributed by atoms with Gasteiger partial charge in [0.1, 0.15) is 5.69 Å². The molecule has 2 rings (SSSR count). The fourth-order valence-electron chi connectivity index (χ4n) is 1.47. The molecule has 0 atom stereocenters. The van der Waals surface area contributed by atoms with Gasteiger partial charge >= 0.3 is 0 Å². The molecular weight excluding hydrogens is 327 g/mol. The average Bonchev–Trinajstić information content (AvgIpc) is 2.58. The molecule has 0 aliphatic rings. The molecule has 0 amide bonds. The molecule has 0 N–H and O–H groups in total. The molecule has 0 radical (unpaired) electrons. The number of rotatable bonds is 2. The number of aryl methyl sites for hydroxylation is 1. The van der Waals surface area contributed by atoms with E-state index in [2.05, 4.69) is 21.0 Å². The molecule has 1 heterocycles. The van der Waals surface area contributed by atoms with Crippen LogP contribution in [0.5, 0.6) is 0 Å². The number of halogens is 3. The molecule has 2 aromatic rings. The minimum atomic E-state index is -0.243. The largest absolute Gasteiger partial charge is 0.287 e. The van der Waals surface area contributed by atoms with E-state index in [9.17, 15) is 4.79 Å². The quantitative estimate of drug-likeness (QED) is 0.785. The zero-order valence-electron chi connectivity index (χ0n) is 8.75. The van der Waals surface area contributed by atoms with Crippen molar-refractivity contribution < 1.29 is 4.79 Å². The van der Waals surface area contributed by atoms with E-state index in [1.165, 1.54) is 10.9 Å². The van der Waals surface area contributed by atoms with E-state index in [0.29, 0.717) is 21.3 Å². The molecule has 0 fully saturated rings. The second-order valence-electron chi connectivity index (χ2n) is 3.42. The van der Waals surface area contributed by atoms with Crippen molar-refractivity contribution in [3.8, 4) is 0 Å². The lowest BCUT2D eigenvalue weighted by atomic mass is 10.1. The Kier molecular flexibility index (Phi) is 3.56. The number of carbonyl (C=O) groups excluding carboxylic acids is 1. The maximum Gasteiger partial charge on any atom is 0.214 e. The van der Waals surface area contributed by atoms with E-state index in [1.54, 1.807) is 25.2 Å². The lowest BCUT2D eigenvalue weighted by Gasteiger charge is -2.05. The topological polar surface area (TPSA) is 34.9 Å². The number of hydrogen-bond acceptors (Lipinski definition) is 2. The van der Waals surface area contributed by atoms with Crippen molar-refractivity contribution in [2.75, 3.05) is 0 Å². The number of ketones is 1. The van der Waals surface area contributed by atoms with Crippen LogP contribution in [0.2, 0.25) is 10.0 Å². The summed E-state index contributed by atoms with van der Waals surface area (Å²) in [5, 5.41) is 4.61. The van der Waals surface area contributed by atoms with Gasteiger partial charge in [-0.1, -0.05) is 39.1 Å². The summed E-state index contributed by atoms with van der Waals surface area (Å²) in [5.41, 5.74) is 0.733. The van der Waals surface area contributed by atoms with Gasteiger partial charge in [-0.3, -0.25) is 9.48 Å². The van der Waals surface area contributed by atoms with Gasteiger partial charge in [0.25, 0.3) is 0 Å². The van der Waals surface area contributed by atoms with Gasteiger partial charge in [0.05, 0.1) is 16.2 Å². The smallest absolute Gasteiger partial charge is 0.214 e. The highest BCUT2D eigenvalue weighted by atomic mass is 79.9. The molecule has 0 saturated heterocycles. The van der Waals surface area contributed by atoms with Crippen molar-refractivity contribution in [1.29, 1.82) is 0 Å². The third-order valence-electron chi connectivity index (χ3n) is 2.28. The molecule has 0 aliphatic heterocycles. The molecule has 17 heavy (non-hydrogen) atoms. The summed E-state index contributed by atoms with van der Waals surface area (Å²) in [6.07, 6.45) is 1.43. The van der Waals surface area contributed by atoms with Crippen molar-refractivity contribution in [3.05, 3.63) is 50.2 Å². The average molecular weight is 334 g/mol. The highest BCUT2D eigenvalue weighted by Gasteiger charge is 2.19. The van der Waals surface area contributed by atoms with Crippen molar-refractivity contribution >= 4 is 44.9 Å². The van der Waals surface area contributed by atoms with Crippen LogP contribution in [0.1, 0.15) is 16.1 Å². The lowest BCUT2D eigenvalue weighted by Crippen LogP contribution is -2.09. The van der Waals surface area contributed by atoms with E-state index in [1.807, 2.05) is 0 Å². The fourth-order valence-corrected chi connectivity index (χ4v) is 2.48. The molecular formula is C11H7BrCl2N2O. The van der Waals surface area contributed by atoms with Gasteiger partial charge in [0.2, 0.25) is 5.78 Å². The number of aromatic nitrogens is 2. The highest BCUT2D eigenvalue weighted by Crippen LogP contribution is 2.26. The van der Waals surface area contributed by atoms with Crippen LogP contribution in [-0.4, -0.2) is 15.6 Å². The number of nitrogens with zero attached hydrogens (tertiary/aromatic N) is 2. The van der Waals surface area contributed by atoms with E-state index in [0.717, 1.165) is 4.47 Å². The minimum absolute atomic E-state index is 0.243. The fraction of sp³-hybridized carbons (Fsp3) is 0.0909. The Bertz CT molecular complexity index is 576. The Morgan fingerprint density at radius 3 is 2.59 bits per heavy atom. The second kappa shape index (κ2) is 4.80. The SMILES string of the molecule is Cn1ncc(Cl)c1C(=O)c1ccc(Br)cc1Cl. The van der Waals surface area contributed by atoms with Gasteiger partial charge in [0, 0.05) is 17.1 Å². The maximum absolute atomic E-state index is 12.2. The van der Waals surface area contributed by atoms with Crippen LogP contribution in [0.25, 0.3) is 0 Å². The van der Waals surface area contributed by atoms with Gasteiger partial charge in [-0.25, -0.2) is 0 Å². The summed E-state index contributed by atoms with van der Waals surface area (Å²) in [5.74, 6) is -0.243.